The van der Waals surface area contributed by atoms with E-state index in [1.807, 2.05) is 26.8 Å². The molecule has 6 nitrogen and oxygen atoms in total. The van der Waals surface area contributed by atoms with Crippen LogP contribution in [-0.2, 0) is 16.1 Å². The molecule has 0 bridgehead atoms. The van der Waals surface area contributed by atoms with E-state index in [1.54, 1.807) is 12.3 Å². The summed E-state index contributed by atoms with van der Waals surface area (Å²) in [5, 5.41) is 10.5. The lowest BCUT2D eigenvalue weighted by Gasteiger charge is -2.57. The van der Waals surface area contributed by atoms with Gasteiger partial charge in [0.05, 0.1) is 18.3 Å². The Hall–Kier alpha value is -1.53. The summed E-state index contributed by atoms with van der Waals surface area (Å²) in [4.78, 5) is 12.3. The van der Waals surface area contributed by atoms with Crippen LogP contribution in [0.25, 0.3) is 0 Å². The van der Waals surface area contributed by atoms with E-state index in [9.17, 15) is 4.79 Å². The molecule has 0 aliphatic heterocycles. The molecule has 3 N–H and O–H groups in total. The highest BCUT2D eigenvalue weighted by atomic mass is 16.5. The number of carbonyl (C=O) groups is 1. The first-order valence-corrected chi connectivity index (χ1v) is 6.87. The molecule has 1 aliphatic carbocycles. The minimum atomic E-state index is -0.894. The number of nitrogens with one attached hydrogen (secondary N) is 1. The van der Waals surface area contributed by atoms with E-state index < -0.39 is 5.54 Å². The number of rotatable bonds is 5. The van der Waals surface area contributed by atoms with E-state index >= 15 is 0 Å². The van der Waals surface area contributed by atoms with E-state index in [2.05, 4.69) is 15.5 Å². The number of hydrogen-bond acceptors (Lipinski definition) is 5. The maximum absolute atomic E-state index is 12.3. The molecular formula is C14H22N4O2. The Morgan fingerprint density at radius 1 is 1.60 bits per heavy atom. The molecule has 1 fully saturated rings. The SMILES string of the molecule is CCOC1CC(N)(C(=O)NCc2cccnn2)C1(C)C. The molecule has 1 aromatic heterocycles. The maximum atomic E-state index is 12.3. The third-order valence-corrected chi connectivity index (χ3v) is 4.29. The first-order chi connectivity index (χ1) is 9.41. The Balaban J connectivity index is 1.96. The summed E-state index contributed by atoms with van der Waals surface area (Å²) < 4.78 is 5.62. The monoisotopic (exact) mass is 278 g/mol. The second-order valence-electron chi connectivity index (χ2n) is 5.74. The standard InChI is InChI=1S/C14H22N4O2/c1-4-20-11-8-14(15,13(11,2)3)12(19)16-9-10-6-5-7-17-18-10/h5-7,11H,4,8-9,15H2,1-3H3,(H,16,19). The maximum Gasteiger partial charge on any atom is 0.241 e. The van der Waals surface area contributed by atoms with Gasteiger partial charge in [-0.05, 0) is 19.1 Å². The summed E-state index contributed by atoms with van der Waals surface area (Å²) in [5.74, 6) is -0.163. The van der Waals surface area contributed by atoms with E-state index in [0.29, 0.717) is 25.3 Å². The van der Waals surface area contributed by atoms with Crippen molar-refractivity contribution in [3.05, 3.63) is 24.0 Å². The zero-order valence-corrected chi connectivity index (χ0v) is 12.2. The van der Waals surface area contributed by atoms with Gasteiger partial charge in [-0.3, -0.25) is 4.79 Å². The summed E-state index contributed by atoms with van der Waals surface area (Å²) >= 11 is 0. The van der Waals surface area contributed by atoms with Gasteiger partial charge in [0.2, 0.25) is 5.91 Å². The molecular weight excluding hydrogens is 256 g/mol. The average molecular weight is 278 g/mol. The van der Waals surface area contributed by atoms with Gasteiger partial charge in [0.15, 0.2) is 0 Å². The Kier molecular flexibility index (Phi) is 4.06. The van der Waals surface area contributed by atoms with Gasteiger partial charge in [-0.15, -0.1) is 0 Å². The Morgan fingerprint density at radius 2 is 2.35 bits per heavy atom. The molecule has 1 saturated carbocycles. The van der Waals surface area contributed by atoms with Crippen LogP contribution in [-0.4, -0.2) is 34.4 Å². The molecule has 1 aliphatic rings. The summed E-state index contributed by atoms with van der Waals surface area (Å²) in [6.45, 7) is 6.85. The molecule has 1 amide bonds. The largest absolute Gasteiger partial charge is 0.378 e. The zero-order chi connectivity index (χ0) is 14.8. The van der Waals surface area contributed by atoms with Crippen LogP contribution in [0, 0.1) is 5.41 Å². The van der Waals surface area contributed by atoms with E-state index in [4.69, 9.17) is 10.5 Å². The van der Waals surface area contributed by atoms with Crippen molar-refractivity contribution >= 4 is 5.91 Å². The molecule has 1 heterocycles. The van der Waals surface area contributed by atoms with Crippen LogP contribution in [0.4, 0.5) is 0 Å². The minimum absolute atomic E-state index is 0.0276. The predicted molar refractivity (Wildman–Crippen MR) is 74.6 cm³/mol. The third-order valence-electron chi connectivity index (χ3n) is 4.29. The fraction of sp³-hybridized carbons (Fsp3) is 0.643. The molecule has 6 heteroatoms. The Bertz CT molecular complexity index is 477. The molecule has 0 aromatic carbocycles. The van der Waals surface area contributed by atoms with Gasteiger partial charge in [-0.1, -0.05) is 13.8 Å². The van der Waals surface area contributed by atoms with E-state index in [0.717, 1.165) is 0 Å². The number of carbonyl (C=O) groups excluding carboxylic acids is 1. The summed E-state index contributed by atoms with van der Waals surface area (Å²) in [6.07, 6.45) is 2.16. The average Bonchev–Trinajstić information content (AvgIpc) is 2.45. The molecule has 2 unspecified atom stereocenters. The van der Waals surface area contributed by atoms with Crippen molar-refractivity contribution in [2.45, 2.75) is 45.4 Å². The van der Waals surface area contributed by atoms with Gasteiger partial charge in [0, 0.05) is 24.6 Å². The normalized spacial score (nSPS) is 27.7. The van der Waals surface area contributed by atoms with Crippen molar-refractivity contribution in [3.8, 4) is 0 Å². The van der Waals surface area contributed by atoms with Gasteiger partial charge in [-0.2, -0.15) is 10.2 Å². The van der Waals surface area contributed by atoms with Gasteiger partial charge in [0.25, 0.3) is 0 Å². The molecule has 2 rings (SSSR count). The zero-order valence-electron chi connectivity index (χ0n) is 12.2. The number of aromatic nitrogens is 2. The summed E-state index contributed by atoms with van der Waals surface area (Å²) in [6, 6.07) is 3.59. The van der Waals surface area contributed by atoms with Gasteiger partial charge >= 0.3 is 0 Å². The van der Waals surface area contributed by atoms with Crippen LogP contribution < -0.4 is 11.1 Å². The number of nitrogens with two attached hydrogens (primary N) is 1. The van der Waals surface area contributed by atoms with Crippen LogP contribution >= 0.6 is 0 Å². The van der Waals surface area contributed by atoms with Crippen molar-refractivity contribution < 1.29 is 9.53 Å². The highest BCUT2D eigenvalue weighted by molar-refractivity contribution is 5.88. The molecule has 0 spiro atoms. The van der Waals surface area contributed by atoms with Crippen molar-refractivity contribution in [1.29, 1.82) is 0 Å². The number of ether oxygens (including phenoxy) is 1. The first kappa shape index (κ1) is 14.9. The third kappa shape index (κ3) is 2.41. The van der Waals surface area contributed by atoms with Crippen LogP contribution in [0.1, 0.15) is 32.9 Å². The number of hydrogen-bond donors (Lipinski definition) is 2. The van der Waals surface area contributed by atoms with Crippen LogP contribution in [0.5, 0.6) is 0 Å². The number of nitrogens with zero attached hydrogens (tertiary/aromatic N) is 2. The second-order valence-corrected chi connectivity index (χ2v) is 5.74. The molecule has 2 atom stereocenters. The van der Waals surface area contributed by atoms with Gasteiger partial charge < -0.3 is 15.8 Å². The lowest BCUT2D eigenvalue weighted by Crippen LogP contribution is -2.75. The fourth-order valence-electron chi connectivity index (χ4n) is 2.58. The topological polar surface area (TPSA) is 90.1 Å². The van der Waals surface area contributed by atoms with Crippen LogP contribution in [0.15, 0.2) is 18.3 Å². The quantitative estimate of drug-likeness (QED) is 0.824. The predicted octanol–water partition coefficient (Wildman–Crippen LogP) is 0.625. The molecule has 20 heavy (non-hydrogen) atoms. The molecule has 0 radical (unpaired) electrons. The van der Waals surface area contributed by atoms with E-state index in [1.165, 1.54) is 0 Å². The number of amides is 1. The summed E-state index contributed by atoms with van der Waals surface area (Å²) in [5.41, 5.74) is 5.72. The smallest absolute Gasteiger partial charge is 0.241 e. The highest BCUT2D eigenvalue weighted by Crippen LogP contribution is 2.49. The van der Waals surface area contributed by atoms with Gasteiger partial charge in [-0.25, -0.2) is 0 Å². The highest BCUT2D eigenvalue weighted by Gasteiger charge is 2.62. The second kappa shape index (κ2) is 5.46. The Morgan fingerprint density at radius 3 is 2.90 bits per heavy atom. The minimum Gasteiger partial charge on any atom is -0.378 e. The van der Waals surface area contributed by atoms with Crippen molar-refractivity contribution in [1.82, 2.24) is 15.5 Å². The molecule has 1 aromatic rings. The molecule has 110 valence electrons. The van der Waals surface area contributed by atoms with Crippen molar-refractivity contribution in [2.24, 2.45) is 11.1 Å². The fourth-order valence-corrected chi connectivity index (χ4v) is 2.58. The van der Waals surface area contributed by atoms with E-state index in [-0.39, 0.29) is 17.4 Å². The lowest BCUT2D eigenvalue weighted by atomic mass is 9.54. The van der Waals surface area contributed by atoms with Crippen LogP contribution in [0.2, 0.25) is 0 Å². The van der Waals surface area contributed by atoms with Crippen LogP contribution in [0.3, 0.4) is 0 Å². The van der Waals surface area contributed by atoms with Crippen molar-refractivity contribution in [3.63, 3.8) is 0 Å². The summed E-state index contributed by atoms with van der Waals surface area (Å²) in [7, 11) is 0. The molecule has 0 saturated heterocycles. The van der Waals surface area contributed by atoms with Gasteiger partial charge in [0.1, 0.15) is 5.54 Å². The first-order valence-electron chi connectivity index (χ1n) is 6.87. The Labute approximate surface area is 119 Å². The lowest BCUT2D eigenvalue weighted by molar-refractivity contribution is -0.170. The van der Waals surface area contributed by atoms with Crippen molar-refractivity contribution in [2.75, 3.05) is 6.61 Å².